The van der Waals surface area contributed by atoms with Gasteiger partial charge in [-0.25, -0.2) is 8.42 Å². The van der Waals surface area contributed by atoms with Crippen LogP contribution in [-0.4, -0.2) is 49.3 Å². The average Bonchev–Trinajstić information content (AvgIpc) is 2.18. The van der Waals surface area contributed by atoms with Crippen LogP contribution in [0, 0.1) is 0 Å². The average molecular weight is 238 g/mol. The molecule has 14 heavy (non-hydrogen) atoms. The SMILES string of the molecule is CC(C(N)=S)S(=O)(=O)N1CCOCC1. The maximum Gasteiger partial charge on any atom is 0.223 e. The summed E-state index contributed by atoms with van der Waals surface area (Å²) in [6.45, 7) is 3.14. The van der Waals surface area contributed by atoms with Crippen molar-refractivity contribution in [3.05, 3.63) is 0 Å². The van der Waals surface area contributed by atoms with Crippen LogP contribution in [0.1, 0.15) is 6.92 Å². The molecule has 82 valence electrons. The topological polar surface area (TPSA) is 72.6 Å². The van der Waals surface area contributed by atoms with Crippen molar-refractivity contribution in [3.63, 3.8) is 0 Å². The van der Waals surface area contributed by atoms with Crippen molar-refractivity contribution in [2.45, 2.75) is 12.2 Å². The number of nitrogens with two attached hydrogens (primary N) is 1. The molecule has 0 saturated carbocycles. The van der Waals surface area contributed by atoms with Gasteiger partial charge >= 0.3 is 0 Å². The molecule has 0 radical (unpaired) electrons. The quantitative estimate of drug-likeness (QED) is 0.660. The van der Waals surface area contributed by atoms with Crippen LogP contribution < -0.4 is 5.73 Å². The molecule has 5 nitrogen and oxygen atoms in total. The van der Waals surface area contributed by atoms with Crippen molar-refractivity contribution < 1.29 is 13.2 Å². The number of hydrogen-bond donors (Lipinski definition) is 1. The molecule has 0 aliphatic carbocycles. The van der Waals surface area contributed by atoms with E-state index in [0.717, 1.165) is 0 Å². The Bertz CT molecular complexity index is 309. The lowest BCUT2D eigenvalue weighted by atomic mass is 10.5. The zero-order valence-corrected chi connectivity index (χ0v) is 9.60. The number of nitrogens with zero attached hydrogens (tertiary/aromatic N) is 1. The Balaban J connectivity index is 2.78. The number of thiocarbonyl (C=S) groups is 1. The predicted molar refractivity (Wildman–Crippen MR) is 57.6 cm³/mol. The van der Waals surface area contributed by atoms with E-state index in [9.17, 15) is 8.42 Å². The van der Waals surface area contributed by atoms with E-state index in [4.69, 9.17) is 10.5 Å². The molecule has 1 heterocycles. The Morgan fingerprint density at radius 3 is 2.43 bits per heavy atom. The van der Waals surface area contributed by atoms with Crippen LogP contribution in [0.25, 0.3) is 0 Å². The second-order valence-corrected chi connectivity index (χ2v) is 5.83. The standard InChI is InChI=1S/C7H14N2O3S2/c1-6(7(8)13)14(10,11)9-2-4-12-5-3-9/h6H,2-5H2,1H3,(H2,8,13). The van der Waals surface area contributed by atoms with E-state index in [1.165, 1.54) is 11.2 Å². The first kappa shape index (κ1) is 11.8. The molecule has 7 heteroatoms. The monoisotopic (exact) mass is 238 g/mol. The molecule has 0 aromatic heterocycles. The van der Waals surface area contributed by atoms with Crippen LogP contribution in [0.4, 0.5) is 0 Å². The fourth-order valence-corrected chi connectivity index (χ4v) is 2.94. The summed E-state index contributed by atoms with van der Waals surface area (Å²) in [7, 11) is -3.37. The van der Waals surface area contributed by atoms with Crippen LogP contribution in [0.15, 0.2) is 0 Å². The third kappa shape index (κ3) is 2.41. The summed E-state index contributed by atoms with van der Waals surface area (Å²) in [5.41, 5.74) is 5.32. The van der Waals surface area contributed by atoms with Crippen LogP contribution in [-0.2, 0) is 14.8 Å². The van der Waals surface area contributed by atoms with E-state index in [2.05, 4.69) is 12.2 Å². The van der Waals surface area contributed by atoms with Gasteiger partial charge in [0, 0.05) is 13.1 Å². The molecule has 1 saturated heterocycles. The lowest BCUT2D eigenvalue weighted by molar-refractivity contribution is 0.0729. The van der Waals surface area contributed by atoms with E-state index >= 15 is 0 Å². The van der Waals surface area contributed by atoms with Crippen LogP contribution in [0.2, 0.25) is 0 Å². The number of sulfonamides is 1. The zero-order valence-electron chi connectivity index (χ0n) is 7.97. The highest BCUT2D eigenvalue weighted by molar-refractivity contribution is 7.92. The molecule has 1 rings (SSSR count). The predicted octanol–water partition coefficient (Wildman–Crippen LogP) is -0.677. The Hall–Kier alpha value is -0.240. The first-order valence-electron chi connectivity index (χ1n) is 4.32. The van der Waals surface area contributed by atoms with Crippen molar-refractivity contribution in [1.82, 2.24) is 4.31 Å². The first-order chi connectivity index (χ1) is 6.46. The normalized spacial score (nSPS) is 21.8. The molecule has 1 atom stereocenters. The molecule has 1 aliphatic rings. The van der Waals surface area contributed by atoms with Gasteiger partial charge in [0.05, 0.1) is 18.2 Å². The highest BCUT2D eigenvalue weighted by atomic mass is 32.2. The molecule has 1 fully saturated rings. The summed E-state index contributed by atoms with van der Waals surface area (Å²) in [4.78, 5) is 0.0106. The largest absolute Gasteiger partial charge is 0.392 e. The van der Waals surface area contributed by atoms with Crippen molar-refractivity contribution >= 4 is 27.2 Å². The summed E-state index contributed by atoms with van der Waals surface area (Å²) in [6, 6.07) is 0. The molecule has 0 amide bonds. The lowest BCUT2D eigenvalue weighted by Gasteiger charge is -2.28. The Kier molecular flexibility index (Phi) is 3.82. The maximum atomic E-state index is 11.8. The van der Waals surface area contributed by atoms with E-state index in [-0.39, 0.29) is 4.99 Å². The number of morpholine rings is 1. The van der Waals surface area contributed by atoms with E-state index in [1.807, 2.05) is 0 Å². The molecule has 0 bridgehead atoms. The number of ether oxygens (including phenoxy) is 1. The van der Waals surface area contributed by atoms with E-state index in [0.29, 0.717) is 26.3 Å². The second kappa shape index (κ2) is 4.52. The summed E-state index contributed by atoms with van der Waals surface area (Å²) >= 11 is 4.68. The third-order valence-corrected chi connectivity index (χ3v) is 4.91. The molecule has 1 aliphatic heterocycles. The van der Waals surface area contributed by atoms with Crippen molar-refractivity contribution in [2.24, 2.45) is 5.73 Å². The number of rotatable bonds is 3. The minimum absolute atomic E-state index is 0.0106. The summed E-state index contributed by atoms with van der Waals surface area (Å²) in [5.74, 6) is 0. The Labute approximate surface area is 89.3 Å². The summed E-state index contributed by atoms with van der Waals surface area (Å²) in [6.07, 6.45) is 0. The minimum atomic E-state index is -3.37. The highest BCUT2D eigenvalue weighted by Crippen LogP contribution is 2.11. The van der Waals surface area contributed by atoms with Crippen molar-refractivity contribution in [1.29, 1.82) is 0 Å². The van der Waals surface area contributed by atoms with Crippen LogP contribution >= 0.6 is 12.2 Å². The van der Waals surface area contributed by atoms with Gasteiger partial charge in [0.1, 0.15) is 5.25 Å². The fourth-order valence-electron chi connectivity index (χ4n) is 1.17. The van der Waals surface area contributed by atoms with Gasteiger partial charge < -0.3 is 10.5 Å². The zero-order chi connectivity index (χ0) is 10.8. The maximum absolute atomic E-state index is 11.8. The van der Waals surface area contributed by atoms with Gasteiger partial charge in [-0.3, -0.25) is 0 Å². The number of hydrogen-bond acceptors (Lipinski definition) is 4. The second-order valence-electron chi connectivity index (χ2n) is 3.10. The van der Waals surface area contributed by atoms with Gasteiger partial charge in [-0.15, -0.1) is 0 Å². The molecule has 1 unspecified atom stereocenters. The van der Waals surface area contributed by atoms with Gasteiger partial charge in [-0.1, -0.05) is 12.2 Å². The van der Waals surface area contributed by atoms with Gasteiger partial charge in [-0.05, 0) is 6.92 Å². The van der Waals surface area contributed by atoms with Crippen LogP contribution in [0.5, 0.6) is 0 Å². The van der Waals surface area contributed by atoms with Gasteiger partial charge in [0.15, 0.2) is 0 Å². The Morgan fingerprint density at radius 1 is 1.50 bits per heavy atom. The summed E-state index contributed by atoms with van der Waals surface area (Å²) < 4.78 is 30.1. The molecular weight excluding hydrogens is 224 g/mol. The molecule has 0 spiro atoms. The Morgan fingerprint density at radius 2 is 2.00 bits per heavy atom. The van der Waals surface area contributed by atoms with Gasteiger partial charge in [0.2, 0.25) is 10.0 Å². The smallest absolute Gasteiger partial charge is 0.223 e. The van der Waals surface area contributed by atoms with Crippen LogP contribution in [0.3, 0.4) is 0 Å². The fraction of sp³-hybridized carbons (Fsp3) is 0.857. The third-order valence-electron chi connectivity index (χ3n) is 2.18. The van der Waals surface area contributed by atoms with Gasteiger partial charge in [0.25, 0.3) is 0 Å². The molecular formula is C7H14N2O3S2. The molecule has 0 aromatic rings. The van der Waals surface area contributed by atoms with Crippen molar-refractivity contribution in [2.75, 3.05) is 26.3 Å². The van der Waals surface area contributed by atoms with E-state index in [1.54, 1.807) is 0 Å². The highest BCUT2D eigenvalue weighted by Gasteiger charge is 2.31. The molecule has 2 N–H and O–H groups in total. The van der Waals surface area contributed by atoms with Crippen molar-refractivity contribution in [3.8, 4) is 0 Å². The lowest BCUT2D eigenvalue weighted by Crippen LogP contribution is -2.47. The van der Waals surface area contributed by atoms with Gasteiger partial charge in [-0.2, -0.15) is 4.31 Å². The molecule has 0 aromatic carbocycles. The summed E-state index contributed by atoms with van der Waals surface area (Å²) in [5, 5.41) is -0.796. The van der Waals surface area contributed by atoms with E-state index < -0.39 is 15.3 Å². The minimum Gasteiger partial charge on any atom is -0.392 e. The first-order valence-corrected chi connectivity index (χ1v) is 6.23.